The molecule has 0 bridgehead atoms. The molecule has 0 unspecified atom stereocenters. The molecule has 7 heteroatoms. The average molecular weight is 364 g/mol. The SMILES string of the molecule is CC(C)N1CCc2c(sc(NC(=O)Cc3cccs3)c2C(N)=O)C1. The summed E-state index contributed by atoms with van der Waals surface area (Å²) in [6, 6.07) is 4.31. The number of nitrogens with zero attached hydrogens (tertiary/aromatic N) is 1. The lowest BCUT2D eigenvalue weighted by Crippen LogP contribution is -2.35. The summed E-state index contributed by atoms with van der Waals surface area (Å²) < 4.78 is 0. The molecule has 0 aliphatic carbocycles. The number of amides is 2. The Hall–Kier alpha value is -1.70. The van der Waals surface area contributed by atoms with Gasteiger partial charge in [-0.15, -0.1) is 22.7 Å². The van der Waals surface area contributed by atoms with Crippen LogP contribution in [-0.2, 0) is 24.2 Å². The van der Waals surface area contributed by atoms with Crippen LogP contribution in [0.3, 0.4) is 0 Å². The molecular formula is C17H21N3O2S2. The Morgan fingerprint density at radius 1 is 1.42 bits per heavy atom. The highest BCUT2D eigenvalue weighted by Gasteiger charge is 2.28. The summed E-state index contributed by atoms with van der Waals surface area (Å²) in [6.07, 6.45) is 1.11. The zero-order valence-corrected chi connectivity index (χ0v) is 15.4. The van der Waals surface area contributed by atoms with Crippen molar-refractivity contribution in [3.05, 3.63) is 38.4 Å². The summed E-state index contributed by atoms with van der Waals surface area (Å²) in [5.74, 6) is -0.573. The molecule has 3 N–H and O–H groups in total. The van der Waals surface area contributed by atoms with Gasteiger partial charge < -0.3 is 11.1 Å². The maximum atomic E-state index is 12.3. The van der Waals surface area contributed by atoms with Gasteiger partial charge in [-0.25, -0.2) is 0 Å². The van der Waals surface area contributed by atoms with Gasteiger partial charge in [-0.05, 0) is 37.3 Å². The van der Waals surface area contributed by atoms with Gasteiger partial charge in [0.15, 0.2) is 0 Å². The Kier molecular flexibility index (Phi) is 5.03. The normalized spacial score (nSPS) is 14.6. The Bertz CT molecular complexity index is 750. The fourth-order valence-electron chi connectivity index (χ4n) is 2.95. The second kappa shape index (κ2) is 7.04. The molecule has 0 radical (unpaired) electrons. The third-order valence-electron chi connectivity index (χ3n) is 4.23. The third kappa shape index (κ3) is 3.53. The van der Waals surface area contributed by atoms with Gasteiger partial charge in [0.05, 0.1) is 12.0 Å². The molecule has 24 heavy (non-hydrogen) atoms. The van der Waals surface area contributed by atoms with Gasteiger partial charge in [0, 0.05) is 28.9 Å². The Balaban J connectivity index is 1.83. The van der Waals surface area contributed by atoms with Crippen LogP contribution in [0.15, 0.2) is 17.5 Å². The van der Waals surface area contributed by atoms with Gasteiger partial charge in [0.1, 0.15) is 5.00 Å². The molecule has 2 aromatic heterocycles. The molecule has 3 heterocycles. The number of fused-ring (bicyclic) bond motifs is 1. The number of carbonyl (C=O) groups excluding carboxylic acids is 2. The number of rotatable bonds is 5. The van der Waals surface area contributed by atoms with E-state index in [1.165, 1.54) is 11.3 Å². The first kappa shape index (κ1) is 17.1. The molecular weight excluding hydrogens is 342 g/mol. The van der Waals surface area contributed by atoms with Crippen molar-refractivity contribution in [1.29, 1.82) is 0 Å². The van der Waals surface area contributed by atoms with Gasteiger partial charge in [0.25, 0.3) is 5.91 Å². The molecule has 128 valence electrons. The minimum absolute atomic E-state index is 0.112. The van der Waals surface area contributed by atoms with Crippen molar-refractivity contribution in [3.8, 4) is 0 Å². The van der Waals surface area contributed by atoms with Gasteiger partial charge in [0.2, 0.25) is 5.91 Å². The third-order valence-corrected chi connectivity index (χ3v) is 6.24. The summed E-state index contributed by atoms with van der Waals surface area (Å²) in [4.78, 5) is 28.7. The maximum Gasteiger partial charge on any atom is 0.251 e. The fraction of sp³-hybridized carbons (Fsp3) is 0.412. The molecule has 1 aliphatic heterocycles. The Morgan fingerprint density at radius 2 is 2.21 bits per heavy atom. The molecule has 0 saturated heterocycles. The lowest BCUT2D eigenvalue weighted by Gasteiger charge is -2.30. The van der Waals surface area contributed by atoms with Crippen molar-refractivity contribution in [2.24, 2.45) is 5.73 Å². The summed E-state index contributed by atoms with van der Waals surface area (Å²) in [5, 5.41) is 5.44. The zero-order valence-electron chi connectivity index (χ0n) is 13.8. The second-order valence-corrected chi connectivity index (χ2v) is 8.33. The summed E-state index contributed by atoms with van der Waals surface area (Å²) >= 11 is 3.03. The number of carbonyl (C=O) groups is 2. The molecule has 0 fully saturated rings. The molecule has 2 amide bonds. The quantitative estimate of drug-likeness (QED) is 0.858. The van der Waals surface area contributed by atoms with Crippen LogP contribution in [0.4, 0.5) is 5.00 Å². The fourth-order valence-corrected chi connectivity index (χ4v) is 4.95. The summed E-state index contributed by atoms with van der Waals surface area (Å²) in [5.41, 5.74) is 7.10. The lowest BCUT2D eigenvalue weighted by atomic mass is 10.0. The first-order chi connectivity index (χ1) is 11.5. The number of anilines is 1. The highest BCUT2D eigenvalue weighted by molar-refractivity contribution is 7.17. The van der Waals surface area contributed by atoms with Crippen LogP contribution in [0.25, 0.3) is 0 Å². The van der Waals surface area contributed by atoms with Crippen molar-refractivity contribution in [2.75, 3.05) is 11.9 Å². The highest BCUT2D eigenvalue weighted by atomic mass is 32.1. The van der Waals surface area contributed by atoms with Gasteiger partial charge in [-0.1, -0.05) is 6.07 Å². The smallest absolute Gasteiger partial charge is 0.251 e. The number of primary amides is 1. The van der Waals surface area contributed by atoms with Crippen molar-refractivity contribution < 1.29 is 9.59 Å². The van der Waals surface area contributed by atoms with Crippen LogP contribution in [0, 0.1) is 0 Å². The van der Waals surface area contributed by atoms with Crippen LogP contribution in [-0.4, -0.2) is 29.3 Å². The van der Waals surface area contributed by atoms with Crippen molar-refractivity contribution in [2.45, 2.75) is 39.3 Å². The molecule has 3 rings (SSSR count). The van der Waals surface area contributed by atoms with E-state index < -0.39 is 5.91 Å². The van der Waals surface area contributed by atoms with E-state index in [9.17, 15) is 9.59 Å². The standard InChI is InChI=1S/C17H21N3O2S2/c1-10(2)20-6-5-12-13(9-20)24-17(15(12)16(18)22)19-14(21)8-11-4-3-7-23-11/h3-4,7,10H,5-6,8-9H2,1-2H3,(H2,18,22)(H,19,21). The van der Waals surface area contributed by atoms with Crippen LogP contribution < -0.4 is 11.1 Å². The highest BCUT2D eigenvalue weighted by Crippen LogP contribution is 2.37. The predicted octanol–water partition coefficient (Wildman–Crippen LogP) is 2.86. The van der Waals surface area contributed by atoms with Crippen LogP contribution in [0.5, 0.6) is 0 Å². The van der Waals surface area contributed by atoms with Crippen LogP contribution in [0.2, 0.25) is 0 Å². The van der Waals surface area contributed by atoms with E-state index in [2.05, 4.69) is 24.1 Å². The zero-order chi connectivity index (χ0) is 17.3. The van der Waals surface area contributed by atoms with E-state index in [4.69, 9.17) is 5.73 Å². The number of thiophene rings is 2. The molecule has 0 aromatic carbocycles. The first-order valence-corrected chi connectivity index (χ1v) is 9.66. The monoisotopic (exact) mass is 363 g/mol. The van der Waals surface area contributed by atoms with E-state index in [0.29, 0.717) is 23.0 Å². The van der Waals surface area contributed by atoms with E-state index in [1.807, 2.05) is 17.5 Å². The number of nitrogens with two attached hydrogens (primary N) is 1. The lowest BCUT2D eigenvalue weighted by molar-refractivity contribution is -0.115. The van der Waals surface area contributed by atoms with Crippen LogP contribution >= 0.6 is 22.7 Å². The van der Waals surface area contributed by atoms with E-state index in [-0.39, 0.29) is 5.91 Å². The molecule has 1 aliphatic rings. The molecule has 0 saturated carbocycles. The van der Waals surface area contributed by atoms with E-state index >= 15 is 0 Å². The van der Waals surface area contributed by atoms with Crippen LogP contribution in [0.1, 0.15) is 39.5 Å². The Morgan fingerprint density at radius 3 is 2.83 bits per heavy atom. The first-order valence-electron chi connectivity index (χ1n) is 7.96. The van der Waals surface area contributed by atoms with Crippen molar-refractivity contribution in [1.82, 2.24) is 4.90 Å². The number of hydrogen-bond acceptors (Lipinski definition) is 5. The molecule has 2 aromatic rings. The predicted molar refractivity (Wildman–Crippen MR) is 98.7 cm³/mol. The number of nitrogens with one attached hydrogen (secondary N) is 1. The van der Waals surface area contributed by atoms with Gasteiger partial charge >= 0.3 is 0 Å². The van der Waals surface area contributed by atoms with Crippen molar-refractivity contribution >= 4 is 39.5 Å². The van der Waals surface area contributed by atoms with E-state index in [1.54, 1.807) is 11.3 Å². The molecule has 0 spiro atoms. The largest absolute Gasteiger partial charge is 0.365 e. The summed E-state index contributed by atoms with van der Waals surface area (Å²) in [6.45, 7) is 6.04. The maximum absolute atomic E-state index is 12.3. The second-order valence-electron chi connectivity index (χ2n) is 6.19. The number of hydrogen-bond donors (Lipinski definition) is 2. The average Bonchev–Trinajstić information content (AvgIpc) is 3.12. The minimum Gasteiger partial charge on any atom is -0.365 e. The Labute approximate surface area is 149 Å². The van der Waals surface area contributed by atoms with E-state index in [0.717, 1.165) is 34.8 Å². The van der Waals surface area contributed by atoms with Gasteiger partial charge in [-0.2, -0.15) is 0 Å². The van der Waals surface area contributed by atoms with Gasteiger partial charge in [-0.3, -0.25) is 14.5 Å². The molecule has 0 atom stereocenters. The minimum atomic E-state index is -0.461. The topological polar surface area (TPSA) is 75.4 Å². The summed E-state index contributed by atoms with van der Waals surface area (Å²) in [7, 11) is 0. The molecule has 5 nitrogen and oxygen atoms in total. The van der Waals surface area contributed by atoms with Crippen molar-refractivity contribution in [3.63, 3.8) is 0 Å².